The second kappa shape index (κ2) is 5.43. The summed E-state index contributed by atoms with van der Waals surface area (Å²) >= 11 is 0. The first kappa shape index (κ1) is 12.8. The van der Waals surface area contributed by atoms with E-state index in [2.05, 4.69) is 51.5 Å². The Balaban J connectivity index is 2.17. The molecule has 0 fully saturated rings. The average molecular weight is 266 g/mol. The van der Waals surface area contributed by atoms with Crippen molar-refractivity contribution in [2.75, 3.05) is 32.1 Å². The summed E-state index contributed by atoms with van der Waals surface area (Å²) in [6.07, 6.45) is 3.68. The number of nitrogens with zero attached hydrogens (tertiary/aromatic N) is 3. The molecule has 0 saturated carbocycles. The van der Waals surface area contributed by atoms with Crippen LogP contribution in [0.2, 0.25) is 0 Å². The molecule has 4 heteroatoms. The number of pyridine rings is 2. The van der Waals surface area contributed by atoms with E-state index < -0.39 is 0 Å². The van der Waals surface area contributed by atoms with Gasteiger partial charge in [-0.15, -0.1) is 0 Å². The van der Waals surface area contributed by atoms with E-state index in [1.54, 1.807) is 0 Å². The van der Waals surface area contributed by atoms with Gasteiger partial charge in [-0.25, -0.2) is 0 Å². The first-order valence-corrected chi connectivity index (χ1v) is 6.79. The summed E-state index contributed by atoms with van der Waals surface area (Å²) < 4.78 is 0. The average Bonchev–Trinajstić information content (AvgIpc) is 2.51. The van der Waals surface area contributed by atoms with Gasteiger partial charge in [0.1, 0.15) is 0 Å². The maximum absolute atomic E-state index is 4.53. The lowest BCUT2D eigenvalue weighted by molar-refractivity contribution is 0.769. The van der Waals surface area contributed by atoms with Crippen molar-refractivity contribution in [2.24, 2.45) is 0 Å². The van der Waals surface area contributed by atoms with Crippen molar-refractivity contribution in [1.29, 1.82) is 0 Å². The minimum Gasteiger partial charge on any atom is -0.373 e. The normalized spacial score (nSPS) is 11.1. The van der Waals surface area contributed by atoms with E-state index in [0.717, 1.165) is 34.9 Å². The Labute approximate surface area is 118 Å². The van der Waals surface area contributed by atoms with Crippen LogP contribution < -0.4 is 10.2 Å². The molecule has 0 aliphatic carbocycles. The molecule has 3 aromatic rings. The van der Waals surface area contributed by atoms with E-state index in [-0.39, 0.29) is 0 Å². The van der Waals surface area contributed by atoms with Gasteiger partial charge in [0.2, 0.25) is 0 Å². The molecule has 2 heterocycles. The second-order valence-corrected chi connectivity index (χ2v) is 4.89. The molecule has 1 aromatic carbocycles. The molecular formula is C16H18N4. The van der Waals surface area contributed by atoms with Gasteiger partial charge in [-0.2, -0.15) is 0 Å². The first-order chi connectivity index (χ1) is 9.81. The number of fused-ring (bicyclic) bond motifs is 3. The molecule has 0 aliphatic heterocycles. The van der Waals surface area contributed by atoms with Crippen LogP contribution in [0.25, 0.3) is 21.8 Å². The van der Waals surface area contributed by atoms with Crippen molar-refractivity contribution in [2.45, 2.75) is 0 Å². The van der Waals surface area contributed by atoms with E-state index >= 15 is 0 Å². The van der Waals surface area contributed by atoms with Gasteiger partial charge < -0.3 is 10.2 Å². The highest BCUT2D eigenvalue weighted by Gasteiger charge is 2.09. The van der Waals surface area contributed by atoms with E-state index in [4.69, 9.17) is 0 Å². The van der Waals surface area contributed by atoms with Crippen LogP contribution in [-0.4, -0.2) is 37.2 Å². The van der Waals surface area contributed by atoms with Crippen LogP contribution in [0.4, 0.5) is 5.69 Å². The number of rotatable bonds is 4. The van der Waals surface area contributed by atoms with Crippen LogP contribution in [-0.2, 0) is 0 Å². The highest BCUT2D eigenvalue weighted by Crippen LogP contribution is 2.28. The molecule has 20 heavy (non-hydrogen) atoms. The first-order valence-electron chi connectivity index (χ1n) is 6.79. The molecule has 0 unspecified atom stereocenters. The van der Waals surface area contributed by atoms with Gasteiger partial charge in [0, 0.05) is 49.0 Å². The number of anilines is 1. The van der Waals surface area contributed by atoms with Gasteiger partial charge in [-0.05, 0) is 25.2 Å². The highest BCUT2D eigenvalue weighted by atomic mass is 15.1. The maximum Gasteiger partial charge on any atom is 0.0985 e. The molecular weight excluding hydrogens is 248 g/mol. The minimum absolute atomic E-state index is 0.951. The fraction of sp³-hybridized carbons (Fsp3) is 0.250. The van der Waals surface area contributed by atoms with Gasteiger partial charge in [-0.3, -0.25) is 9.97 Å². The zero-order valence-electron chi connectivity index (χ0n) is 11.8. The van der Waals surface area contributed by atoms with Gasteiger partial charge in [-0.1, -0.05) is 12.1 Å². The van der Waals surface area contributed by atoms with Crippen molar-refractivity contribution >= 4 is 27.5 Å². The van der Waals surface area contributed by atoms with Crippen LogP contribution in [0.3, 0.4) is 0 Å². The maximum atomic E-state index is 4.53. The van der Waals surface area contributed by atoms with Crippen molar-refractivity contribution in [3.63, 3.8) is 0 Å². The van der Waals surface area contributed by atoms with Crippen molar-refractivity contribution in [3.05, 3.63) is 42.7 Å². The number of hydrogen-bond acceptors (Lipinski definition) is 4. The number of benzene rings is 1. The number of nitrogens with one attached hydrogen (secondary N) is 1. The van der Waals surface area contributed by atoms with Crippen LogP contribution in [0, 0.1) is 0 Å². The Kier molecular flexibility index (Phi) is 3.48. The van der Waals surface area contributed by atoms with Crippen LogP contribution in [0.1, 0.15) is 0 Å². The van der Waals surface area contributed by atoms with Crippen molar-refractivity contribution in [3.8, 4) is 0 Å². The van der Waals surface area contributed by atoms with Crippen molar-refractivity contribution in [1.82, 2.24) is 15.3 Å². The topological polar surface area (TPSA) is 41.0 Å². The largest absolute Gasteiger partial charge is 0.373 e. The van der Waals surface area contributed by atoms with Crippen molar-refractivity contribution < 1.29 is 0 Å². The van der Waals surface area contributed by atoms with E-state index in [1.165, 1.54) is 5.69 Å². The third-order valence-electron chi connectivity index (χ3n) is 3.57. The Hall–Kier alpha value is -2.20. The standard InChI is InChI=1S/C16H18N4/c1-17-10-11-20(2)14-7-9-19-16-13(14)6-5-12-4-3-8-18-15(12)16/h3-9,17H,10-11H2,1-2H3. The lowest BCUT2D eigenvalue weighted by Gasteiger charge is -2.21. The number of likely N-dealkylation sites (N-methyl/N-ethyl adjacent to an activating group) is 2. The molecule has 0 bridgehead atoms. The fourth-order valence-corrected chi connectivity index (χ4v) is 2.47. The fourth-order valence-electron chi connectivity index (χ4n) is 2.47. The summed E-state index contributed by atoms with van der Waals surface area (Å²) in [7, 11) is 4.07. The minimum atomic E-state index is 0.951. The molecule has 0 amide bonds. The number of aromatic nitrogens is 2. The summed E-state index contributed by atoms with van der Waals surface area (Å²) in [6.45, 7) is 1.90. The third kappa shape index (κ3) is 2.18. The molecule has 102 valence electrons. The number of hydrogen-bond donors (Lipinski definition) is 1. The second-order valence-electron chi connectivity index (χ2n) is 4.89. The summed E-state index contributed by atoms with van der Waals surface area (Å²) in [5, 5.41) is 5.45. The summed E-state index contributed by atoms with van der Waals surface area (Å²) in [5.74, 6) is 0. The zero-order chi connectivity index (χ0) is 13.9. The quantitative estimate of drug-likeness (QED) is 0.736. The predicted octanol–water partition coefficient (Wildman–Crippen LogP) is 2.44. The Morgan fingerprint density at radius 3 is 2.75 bits per heavy atom. The van der Waals surface area contributed by atoms with Gasteiger partial charge in [0.05, 0.1) is 11.0 Å². The molecule has 3 rings (SSSR count). The molecule has 0 saturated heterocycles. The predicted molar refractivity (Wildman–Crippen MR) is 84.2 cm³/mol. The van der Waals surface area contributed by atoms with Crippen LogP contribution in [0.15, 0.2) is 42.7 Å². The molecule has 1 N–H and O–H groups in total. The smallest absolute Gasteiger partial charge is 0.0985 e. The summed E-state index contributed by atoms with van der Waals surface area (Å²) in [6, 6.07) is 10.3. The lowest BCUT2D eigenvalue weighted by atomic mass is 10.1. The van der Waals surface area contributed by atoms with E-state index in [0.29, 0.717) is 0 Å². The van der Waals surface area contributed by atoms with Crippen LogP contribution >= 0.6 is 0 Å². The lowest BCUT2D eigenvalue weighted by Crippen LogP contribution is -2.27. The van der Waals surface area contributed by atoms with Gasteiger partial charge in [0.25, 0.3) is 0 Å². The molecule has 0 atom stereocenters. The summed E-state index contributed by atoms with van der Waals surface area (Å²) in [5.41, 5.74) is 3.13. The highest BCUT2D eigenvalue weighted by molar-refractivity contribution is 6.07. The molecule has 4 nitrogen and oxygen atoms in total. The van der Waals surface area contributed by atoms with Gasteiger partial charge in [0.15, 0.2) is 0 Å². The Bertz CT molecular complexity index is 739. The zero-order valence-corrected chi connectivity index (χ0v) is 11.8. The molecule has 0 aliphatic rings. The summed E-state index contributed by atoms with van der Waals surface area (Å²) in [4.78, 5) is 11.3. The third-order valence-corrected chi connectivity index (χ3v) is 3.57. The Morgan fingerprint density at radius 2 is 1.90 bits per heavy atom. The Morgan fingerprint density at radius 1 is 1.05 bits per heavy atom. The molecule has 0 spiro atoms. The monoisotopic (exact) mass is 266 g/mol. The molecule has 0 radical (unpaired) electrons. The van der Waals surface area contributed by atoms with Crippen LogP contribution in [0.5, 0.6) is 0 Å². The SMILES string of the molecule is CNCCN(C)c1ccnc2c1ccc1cccnc12. The molecule has 2 aromatic heterocycles. The van der Waals surface area contributed by atoms with E-state index in [9.17, 15) is 0 Å². The van der Waals surface area contributed by atoms with E-state index in [1.807, 2.05) is 25.5 Å². The van der Waals surface area contributed by atoms with Gasteiger partial charge >= 0.3 is 0 Å².